The third kappa shape index (κ3) is 1.02. The molecule has 3 aliphatic heterocycles. The van der Waals surface area contributed by atoms with Crippen LogP contribution in [0.4, 0.5) is 0 Å². The van der Waals surface area contributed by atoms with Crippen molar-refractivity contribution < 1.29 is 0 Å². The Morgan fingerprint density at radius 2 is 1.67 bits per heavy atom. The third-order valence-corrected chi connectivity index (χ3v) is 4.45. The van der Waals surface area contributed by atoms with Gasteiger partial charge >= 0.3 is 0 Å². The summed E-state index contributed by atoms with van der Waals surface area (Å²) >= 11 is 0. The van der Waals surface area contributed by atoms with Crippen LogP contribution in [0, 0.1) is 17.8 Å². The molecule has 1 heteroatoms. The van der Waals surface area contributed by atoms with E-state index in [0.717, 1.165) is 17.8 Å². The van der Waals surface area contributed by atoms with E-state index in [0.29, 0.717) is 0 Å². The van der Waals surface area contributed by atoms with Crippen LogP contribution in [0.1, 0.15) is 32.1 Å². The maximum absolute atomic E-state index is 2.71. The van der Waals surface area contributed by atoms with Gasteiger partial charge in [-0.15, -0.1) is 0 Å². The fraction of sp³-hybridized carbons (Fsp3) is 1.00. The van der Waals surface area contributed by atoms with Gasteiger partial charge < -0.3 is 4.90 Å². The number of hydrogen-bond acceptors (Lipinski definition) is 1. The molecule has 1 aliphatic carbocycles. The Labute approximate surface area is 75.1 Å². The van der Waals surface area contributed by atoms with E-state index >= 15 is 0 Å². The van der Waals surface area contributed by atoms with Gasteiger partial charge in [0, 0.05) is 6.54 Å². The Morgan fingerprint density at radius 1 is 0.833 bits per heavy atom. The fourth-order valence-electron chi connectivity index (χ4n) is 3.81. The highest BCUT2D eigenvalue weighted by Gasteiger charge is 2.39. The van der Waals surface area contributed by atoms with E-state index in [4.69, 9.17) is 0 Å². The number of piperidine rings is 1. The smallest absolute Gasteiger partial charge is 0.00124 e. The number of hydrogen-bond donors (Lipinski definition) is 0. The Balaban J connectivity index is 1.86. The largest absolute Gasteiger partial charge is 0.303 e. The predicted molar refractivity (Wildman–Crippen MR) is 50.0 cm³/mol. The van der Waals surface area contributed by atoms with Crippen LogP contribution < -0.4 is 0 Å². The molecule has 0 spiro atoms. The summed E-state index contributed by atoms with van der Waals surface area (Å²) in [5.41, 5.74) is 0. The molecule has 68 valence electrons. The molecular formula is C11H19N. The van der Waals surface area contributed by atoms with Crippen molar-refractivity contribution in [3.8, 4) is 0 Å². The highest BCUT2D eigenvalue weighted by Crippen LogP contribution is 2.44. The normalized spacial score (nSPS) is 52.0. The summed E-state index contributed by atoms with van der Waals surface area (Å²) in [6, 6.07) is 0. The van der Waals surface area contributed by atoms with E-state index in [9.17, 15) is 0 Å². The van der Waals surface area contributed by atoms with E-state index in [1.165, 1.54) is 45.3 Å². The van der Waals surface area contributed by atoms with Crippen molar-refractivity contribution >= 4 is 0 Å². The predicted octanol–water partition coefficient (Wildman–Crippen LogP) is 2.13. The fourth-order valence-corrected chi connectivity index (χ4v) is 3.81. The standard InChI is InChI=1S/C11H19N/c1-2-10-8-12-6-4-9(5-7-12)11(10)3-1/h9-11H,1-8H2. The number of nitrogens with zero attached hydrogens (tertiary/aromatic N) is 1. The molecule has 1 nitrogen and oxygen atoms in total. The van der Waals surface area contributed by atoms with Gasteiger partial charge in [-0.2, -0.15) is 0 Å². The highest BCUT2D eigenvalue weighted by atomic mass is 15.1. The Hall–Kier alpha value is -0.0400. The first-order chi connectivity index (χ1) is 5.93. The lowest BCUT2D eigenvalue weighted by molar-refractivity contribution is 0.206. The molecule has 2 atom stereocenters. The first-order valence-electron chi connectivity index (χ1n) is 5.66. The molecule has 4 fully saturated rings. The summed E-state index contributed by atoms with van der Waals surface area (Å²) in [5, 5.41) is 0. The molecule has 0 N–H and O–H groups in total. The molecule has 0 radical (unpaired) electrons. The van der Waals surface area contributed by atoms with E-state index in [1.54, 1.807) is 6.42 Å². The second-order valence-electron chi connectivity index (χ2n) is 4.99. The van der Waals surface area contributed by atoms with Crippen LogP contribution in [-0.2, 0) is 0 Å². The summed E-state index contributed by atoms with van der Waals surface area (Å²) in [4.78, 5) is 2.71. The summed E-state index contributed by atoms with van der Waals surface area (Å²) in [6.45, 7) is 4.27. The molecule has 0 aromatic carbocycles. The van der Waals surface area contributed by atoms with E-state index < -0.39 is 0 Å². The molecular weight excluding hydrogens is 146 g/mol. The van der Waals surface area contributed by atoms with Gasteiger partial charge in [0.25, 0.3) is 0 Å². The maximum atomic E-state index is 2.71. The van der Waals surface area contributed by atoms with Crippen LogP contribution in [0.15, 0.2) is 0 Å². The first kappa shape index (κ1) is 7.37. The first-order valence-corrected chi connectivity index (χ1v) is 5.66. The van der Waals surface area contributed by atoms with Crippen molar-refractivity contribution in [2.45, 2.75) is 32.1 Å². The van der Waals surface area contributed by atoms with Gasteiger partial charge in [-0.25, -0.2) is 0 Å². The average molecular weight is 165 g/mol. The van der Waals surface area contributed by atoms with Gasteiger partial charge in [0.2, 0.25) is 0 Å². The molecule has 3 heterocycles. The molecule has 2 bridgehead atoms. The topological polar surface area (TPSA) is 3.24 Å². The van der Waals surface area contributed by atoms with E-state index in [2.05, 4.69) is 4.90 Å². The zero-order valence-corrected chi connectivity index (χ0v) is 7.84. The lowest BCUT2D eigenvalue weighted by Gasteiger charge is -2.28. The summed E-state index contributed by atoms with van der Waals surface area (Å²) in [6.07, 6.45) is 7.66. The van der Waals surface area contributed by atoms with Crippen LogP contribution in [0.25, 0.3) is 0 Å². The minimum atomic E-state index is 1.10. The van der Waals surface area contributed by atoms with E-state index in [-0.39, 0.29) is 0 Å². The second kappa shape index (κ2) is 2.73. The van der Waals surface area contributed by atoms with Crippen LogP contribution >= 0.6 is 0 Å². The van der Waals surface area contributed by atoms with Crippen molar-refractivity contribution in [2.75, 3.05) is 19.6 Å². The van der Waals surface area contributed by atoms with Gasteiger partial charge in [-0.3, -0.25) is 0 Å². The molecule has 4 rings (SSSR count). The average Bonchev–Trinajstić information content (AvgIpc) is 2.44. The van der Waals surface area contributed by atoms with E-state index in [1.807, 2.05) is 0 Å². The third-order valence-electron chi connectivity index (χ3n) is 4.45. The van der Waals surface area contributed by atoms with Gasteiger partial charge in [-0.1, -0.05) is 6.42 Å². The molecule has 3 saturated heterocycles. The van der Waals surface area contributed by atoms with Crippen LogP contribution in [-0.4, -0.2) is 24.5 Å². The van der Waals surface area contributed by atoms with Crippen LogP contribution in [0.2, 0.25) is 0 Å². The van der Waals surface area contributed by atoms with Crippen molar-refractivity contribution in [1.29, 1.82) is 0 Å². The summed E-state index contributed by atoms with van der Waals surface area (Å²) in [5.74, 6) is 3.36. The van der Waals surface area contributed by atoms with Crippen molar-refractivity contribution in [3.63, 3.8) is 0 Å². The molecule has 12 heavy (non-hydrogen) atoms. The highest BCUT2D eigenvalue weighted by molar-refractivity contribution is 4.91. The zero-order chi connectivity index (χ0) is 7.97. The van der Waals surface area contributed by atoms with Gasteiger partial charge in [0.05, 0.1) is 0 Å². The maximum Gasteiger partial charge on any atom is 0.00124 e. The molecule has 1 saturated carbocycles. The molecule has 0 aromatic heterocycles. The van der Waals surface area contributed by atoms with Crippen molar-refractivity contribution in [2.24, 2.45) is 17.8 Å². The number of rotatable bonds is 0. The second-order valence-corrected chi connectivity index (χ2v) is 4.99. The van der Waals surface area contributed by atoms with Crippen molar-refractivity contribution in [1.82, 2.24) is 4.90 Å². The van der Waals surface area contributed by atoms with Crippen LogP contribution in [0.3, 0.4) is 0 Å². The minimum absolute atomic E-state index is 1.10. The Morgan fingerprint density at radius 3 is 2.50 bits per heavy atom. The minimum Gasteiger partial charge on any atom is -0.303 e. The molecule has 4 aliphatic rings. The lowest BCUT2D eigenvalue weighted by atomic mass is 9.81. The molecule has 0 amide bonds. The van der Waals surface area contributed by atoms with Gasteiger partial charge in [-0.05, 0) is 56.5 Å². The van der Waals surface area contributed by atoms with Crippen LogP contribution in [0.5, 0.6) is 0 Å². The molecule has 2 unspecified atom stereocenters. The Bertz CT molecular complexity index is 168. The quantitative estimate of drug-likeness (QED) is 0.531. The Kier molecular flexibility index (Phi) is 1.68. The lowest BCUT2D eigenvalue weighted by Crippen LogP contribution is -2.31. The monoisotopic (exact) mass is 165 g/mol. The molecule has 0 aromatic rings. The zero-order valence-electron chi connectivity index (χ0n) is 7.84. The summed E-state index contributed by atoms with van der Waals surface area (Å²) in [7, 11) is 0. The number of fused-ring (bicyclic) bond motifs is 2. The van der Waals surface area contributed by atoms with Crippen molar-refractivity contribution in [3.05, 3.63) is 0 Å². The van der Waals surface area contributed by atoms with Gasteiger partial charge in [0.1, 0.15) is 0 Å². The summed E-state index contributed by atoms with van der Waals surface area (Å²) < 4.78 is 0. The van der Waals surface area contributed by atoms with Gasteiger partial charge in [0.15, 0.2) is 0 Å². The SMILES string of the molecule is C1CC2CN3CCC(CC3)C2C1.